The van der Waals surface area contributed by atoms with E-state index in [1.54, 1.807) is 12.4 Å². The topological polar surface area (TPSA) is 68.7 Å². The van der Waals surface area contributed by atoms with Gasteiger partial charge >= 0.3 is 0 Å². The molecule has 0 saturated carbocycles. The van der Waals surface area contributed by atoms with Crippen LogP contribution in [0.25, 0.3) is 0 Å². The summed E-state index contributed by atoms with van der Waals surface area (Å²) in [5, 5.41) is 6.69. The zero-order chi connectivity index (χ0) is 17.0. The number of nitrogens with zero attached hydrogens (tertiary/aromatic N) is 5. The highest BCUT2D eigenvalue weighted by molar-refractivity contribution is 7.98. The molecule has 7 nitrogen and oxygen atoms in total. The van der Waals surface area contributed by atoms with Gasteiger partial charge in [0, 0.05) is 64.5 Å². The van der Waals surface area contributed by atoms with Gasteiger partial charge < -0.3 is 15.5 Å². The van der Waals surface area contributed by atoms with Gasteiger partial charge in [0.05, 0.1) is 0 Å². The average Bonchev–Trinajstić information content (AvgIpc) is 2.65. The van der Waals surface area contributed by atoms with E-state index < -0.39 is 0 Å². The first kappa shape index (κ1) is 18.8. The molecule has 0 atom stereocenters. The smallest absolute Gasteiger partial charge is 0.225 e. The molecule has 1 aromatic rings. The maximum absolute atomic E-state index is 4.33. The maximum Gasteiger partial charge on any atom is 0.225 e. The first-order valence-electron chi connectivity index (χ1n) is 8.51. The molecule has 0 amide bonds. The Kier molecular flexibility index (Phi) is 8.69. The first-order valence-corrected chi connectivity index (χ1v) is 9.90. The van der Waals surface area contributed by atoms with E-state index in [4.69, 9.17) is 0 Å². The van der Waals surface area contributed by atoms with Crippen molar-refractivity contribution in [3.63, 3.8) is 0 Å². The predicted octanol–water partition coefficient (Wildman–Crippen LogP) is 0.517. The Morgan fingerprint density at radius 2 is 1.88 bits per heavy atom. The molecule has 1 aromatic heterocycles. The van der Waals surface area contributed by atoms with Gasteiger partial charge in [0.15, 0.2) is 5.96 Å². The van der Waals surface area contributed by atoms with Crippen LogP contribution in [0.15, 0.2) is 23.5 Å². The van der Waals surface area contributed by atoms with Gasteiger partial charge in [0.1, 0.15) is 0 Å². The van der Waals surface area contributed by atoms with Crippen molar-refractivity contribution in [3.8, 4) is 0 Å². The number of anilines is 1. The SMILES string of the molecule is CN=C(NCCCN1CCN(c2ncccn2)CC1)NCCSC. The molecule has 1 aliphatic heterocycles. The fraction of sp³-hybridized carbons (Fsp3) is 0.688. The summed E-state index contributed by atoms with van der Waals surface area (Å²) >= 11 is 1.83. The van der Waals surface area contributed by atoms with Crippen LogP contribution in [0.2, 0.25) is 0 Å². The van der Waals surface area contributed by atoms with Gasteiger partial charge in [-0.2, -0.15) is 11.8 Å². The minimum Gasteiger partial charge on any atom is -0.356 e. The highest BCUT2D eigenvalue weighted by atomic mass is 32.2. The van der Waals surface area contributed by atoms with Gasteiger partial charge in [-0.15, -0.1) is 0 Å². The van der Waals surface area contributed by atoms with E-state index in [2.05, 4.69) is 41.6 Å². The van der Waals surface area contributed by atoms with Crippen molar-refractivity contribution in [1.29, 1.82) is 0 Å². The zero-order valence-electron chi connectivity index (χ0n) is 14.7. The summed E-state index contributed by atoms with van der Waals surface area (Å²) in [6.07, 6.45) is 6.84. The first-order chi connectivity index (χ1) is 11.8. The van der Waals surface area contributed by atoms with Gasteiger partial charge in [-0.3, -0.25) is 9.89 Å². The van der Waals surface area contributed by atoms with E-state index in [0.29, 0.717) is 0 Å². The van der Waals surface area contributed by atoms with Crippen LogP contribution in [0.4, 0.5) is 5.95 Å². The lowest BCUT2D eigenvalue weighted by Gasteiger charge is -2.34. The molecular formula is C16H29N7S. The number of nitrogens with one attached hydrogen (secondary N) is 2. The zero-order valence-corrected chi connectivity index (χ0v) is 15.6. The second kappa shape index (κ2) is 11.1. The van der Waals surface area contributed by atoms with Crippen LogP contribution in [0.1, 0.15) is 6.42 Å². The van der Waals surface area contributed by atoms with Crippen LogP contribution in [-0.4, -0.2) is 85.7 Å². The molecule has 24 heavy (non-hydrogen) atoms. The van der Waals surface area contributed by atoms with Crippen molar-refractivity contribution in [1.82, 2.24) is 25.5 Å². The molecule has 0 radical (unpaired) electrons. The lowest BCUT2D eigenvalue weighted by atomic mass is 10.3. The number of hydrogen-bond acceptors (Lipinski definition) is 6. The largest absolute Gasteiger partial charge is 0.356 e. The molecule has 8 heteroatoms. The standard InChI is InChI=1S/C16H29N7S/c1-17-15(19-8-14-24-2)18-7-4-9-22-10-12-23(13-11-22)16-20-5-3-6-21-16/h3,5-6H,4,7-14H2,1-2H3,(H2,17,18,19). The van der Waals surface area contributed by atoms with Crippen LogP contribution >= 0.6 is 11.8 Å². The fourth-order valence-corrected chi connectivity index (χ4v) is 2.93. The summed E-state index contributed by atoms with van der Waals surface area (Å²) in [5.41, 5.74) is 0. The van der Waals surface area contributed by atoms with E-state index in [1.807, 2.05) is 24.9 Å². The summed E-state index contributed by atoms with van der Waals surface area (Å²) in [7, 11) is 1.82. The highest BCUT2D eigenvalue weighted by Crippen LogP contribution is 2.09. The third-order valence-corrected chi connectivity index (χ3v) is 4.59. The summed E-state index contributed by atoms with van der Waals surface area (Å²) in [5.74, 6) is 2.84. The molecule has 0 spiro atoms. The van der Waals surface area contributed by atoms with Crippen molar-refractivity contribution in [3.05, 3.63) is 18.5 Å². The molecule has 2 rings (SSSR count). The molecule has 1 aliphatic rings. The molecule has 2 N–H and O–H groups in total. The number of aliphatic imine (C=N–C) groups is 1. The van der Waals surface area contributed by atoms with Gasteiger partial charge in [0.2, 0.25) is 5.95 Å². The minimum absolute atomic E-state index is 0.846. The lowest BCUT2D eigenvalue weighted by Crippen LogP contribution is -2.47. The summed E-state index contributed by atoms with van der Waals surface area (Å²) in [6.45, 7) is 7.13. The van der Waals surface area contributed by atoms with E-state index in [1.165, 1.54) is 0 Å². The van der Waals surface area contributed by atoms with Crippen molar-refractivity contribution in [2.45, 2.75) is 6.42 Å². The molecule has 0 aliphatic carbocycles. The van der Waals surface area contributed by atoms with Crippen molar-refractivity contribution < 1.29 is 0 Å². The maximum atomic E-state index is 4.33. The van der Waals surface area contributed by atoms with E-state index in [9.17, 15) is 0 Å². The highest BCUT2D eigenvalue weighted by Gasteiger charge is 2.18. The third kappa shape index (κ3) is 6.52. The van der Waals surface area contributed by atoms with Gasteiger partial charge in [0.25, 0.3) is 0 Å². The Balaban J connectivity index is 1.58. The number of aromatic nitrogens is 2. The third-order valence-electron chi connectivity index (χ3n) is 3.97. The lowest BCUT2D eigenvalue weighted by molar-refractivity contribution is 0.254. The molecule has 0 unspecified atom stereocenters. The molecule has 1 fully saturated rings. The molecule has 134 valence electrons. The van der Waals surface area contributed by atoms with E-state index >= 15 is 0 Å². The van der Waals surface area contributed by atoms with E-state index in [0.717, 1.165) is 69.9 Å². The molecule has 0 bridgehead atoms. The van der Waals surface area contributed by atoms with Gasteiger partial charge in [-0.1, -0.05) is 0 Å². The van der Waals surface area contributed by atoms with Crippen LogP contribution in [0, 0.1) is 0 Å². The predicted molar refractivity (Wildman–Crippen MR) is 103 cm³/mol. The van der Waals surface area contributed by atoms with Crippen LogP contribution in [-0.2, 0) is 0 Å². The number of guanidine groups is 1. The van der Waals surface area contributed by atoms with E-state index in [-0.39, 0.29) is 0 Å². The average molecular weight is 352 g/mol. The van der Waals surface area contributed by atoms with Crippen molar-refractivity contribution in [2.75, 3.05) is 69.8 Å². The van der Waals surface area contributed by atoms with Crippen LogP contribution < -0.4 is 15.5 Å². The fourth-order valence-electron chi connectivity index (χ4n) is 2.63. The van der Waals surface area contributed by atoms with Crippen molar-refractivity contribution in [2.24, 2.45) is 4.99 Å². The summed E-state index contributed by atoms with van der Waals surface area (Å²) in [4.78, 5) is 17.7. The number of rotatable bonds is 8. The molecule has 2 heterocycles. The summed E-state index contributed by atoms with van der Waals surface area (Å²) in [6, 6.07) is 1.86. The van der Waals surface area contributed by atoms with Crippen molar-refractivity contribution >= 4 is 23.7 Å². The minimum atomic E-state index is 0.846. The Hall–Kier alpha value is -1.54. The number of thioether (sulfide) groups is 1. The van der Waals surface area contributed by atoms with Crippen LogP contribution in [0.5, 0.6) is 0 Å². The molecule has 0 aromatic carbocycles. The number of piperazine rings is 1. The Labute approximate surface area is 149 Å². The molecule has 1 saturated heterocycles. The quantitative estimate of drug-likeness (QED) is 0.402. The Morgan fingerprint density at radius 3 is 2.54 bits per heavy atom. The van der Waals surface area contributed by atoms with Gasteiger partial charge in [-0.05, 0) is 25.3 Å². The number of hydrogen-bond donors (Lipinski definition) is 2. The monoisotopic (exact) mass is 351 g/mol. The summed E-state index contributed by atoms with van der Waals surface area (Å²) < 4.78 is 0. The Bertz CT molecular complexity index is 475. The second-order valence-corrected chi connectivity index (χ2v) is 6.64. The second-order valence-electron chi connectivity index (χ2n) is 5.65. The molecular weight excluding hydrogens is 322 g/mol. The van der Waals surface area contributed by atoms with Gasteiger partial charge in [-0.25, -0.2) is 9.97 Å². The normalized spacial score (nSPS) is 16.2. The Morgan fingerprint density at radius 1 is 1.17 bits per heavy atom. The van der Waals surface area contributed by atoms with Crippen LogP contribution in [0.3, 0.4) is 0 Å².